The highest BCUT2D eigenvalue weighted by atomic mass is 35.5. The zero-order valence-electron chi connectivity index (χ0n) is 31.8. The molecule has 2 amide bonds. The van der Waals surface area contributed by atoms with Gasteiger partial charge in [-0.1, -0.05) is 49.1 Å². The molecule has 4 aromatic rings. The van der Waals surface area contributed by atoms with Gasteiger partial charge in [-0.15, -0.1) is 0 Å². The van der Waals surface area contributed by atoms with Crippen molar-refractivity contribution in [3.63, 3.8) is 0 Å². The van der Waals surface area contributed by atoms with Crippen molar-refractivity contribution in [2.75, 3.05) is 42.5 Å². The zero-order chi connectivity index (χ0) is 38.3. The molecular formula is C45H48ClF2N5O3. The average molecular weight is 780 g/mol. The third-order valence-corrected chi connectivity index (χ3v) is 14.7. The number of hydrogen-bond donors (Lipinski definition) is 0. The number of carbonyl (C=O) groups is 2. The topological polar surface area (TPSA) is 78.8 Å². The highest BCUT2D eigenvalue weighted by Gasteiger charge is 2.48. The van der Waals surface area contributed by atoms with E-state index in [0.29, 0.717) is 41.8 Å². The van der Waals surface area contributed by atoms with Crippen LogP contribution in [0, 0.1) is 23.0 Å². The lowest BCUT2D eigenvalue weighted by Crippen LogP contribution is -2.61. The second kappa shape index (κ2) is 13.8. The van der Waals surface area contributed by atoms with Gasteiger partial charge in [0, 0.05) is 57.7 Å². The van der Waals surface area contributed by atoms with E-state index < -0.39 is 23.4 Å². The molecular weight excluding hydrogens is 732 g/mol. The number of benzene rings is 3. The molecule has 2 aliphatic carbocycles. The maximum Gasteiger partial charge on any atom is 0.282 e. The predicted molar refractivity (Wildman–Crippen MR) is 214 cm³/mol. The summed E-state index contributed by atoms with van der Waals surface area (Å²) in [7, 11) is 0. The van der Waals surface area contributed by atoms with E-state index >= 15 is 8.78 Å². The summed E-state index contributed by atoms with van der Waals surface area (Å²) < 4.78 is 33.0. The molecule has 2 saturated carbocycles. The summed E-state index contributed by atoms with van der Waals surface area (Å²) in [4.78, 5) is 48.1. The number of halogens is 3. The standard InChI is InChI=1S/C45H48ClF2N5O3/c46-33-6-4-7-36-40(33)42(56)49-43-45(16-2-1-3-17-45)32-15-14-30(22-37(32)53(36)43)29-12-10-28(11-13-29)25-50-26-44(27-50)18-20-51(21-19-44)41-34(47)23-31(24-35(41)48)52-38(54)8-5-9-39(52)55/h4,6-7,14-15,22-24,28-29H,1-3,5,8-13,16-21,25-27H2. The smallest absolute Gasteiger partial charge is 0.282 e. The second-order valence-electron chi connectivity index (χ2n) is 17.7. The van der Waals surface area contributed by atoms with Crippen molar-refractivity contribution in [3.05, 3.63) is 92.5 Å². The van der Waals surface area contributed by atoms with Crippen molar-refractivity contribution in [2.24, 2.45) is 11.3 Å². The van der Waals surface area contributed by atoms with Gasteiger partial charge in [0.1, 0.15) is 11.5 Å². The molecule has 3 saturated heterocycles. The van der Waals surface area contributed by atoms with Gasteiger partial charge in [0.2, 0.25) is 11.8 Å². The summed E-state index contributed by atoms with van der Waals surface area (Å²) in [5, 5.41) is 0.955. The van der Waals surface area contributed by atoms with E-state index in [1.807, 2.05) is 12.1 Å². The molecule has 0 atom stereocenters. The SMILES string of the molecule is O=C1CCCC(=O)N1c1cc(F)c(N2CCC3(CC2)CN(CC2CCC(c4ccc5c(c4)-n4c(nc(=O)c6c(Cl)cccc64)C54CCCCC4)CC2)C3)c(F)c1. The highest BCUT2D eigenvalue weighted by Crippen LogP contribution is 2.53. The first kappa shape index (κ1) is 36.2. The number of likely N-dealkylation sites (tertiary alicyclic amines) is 1. The molecule has 0 N–H and O–H groups in total. The number of anilines is 2. The van der Waals surface area contributed by atoms with Gasteiger partial charge in [-0.3, -0.25) is 23.9 Å². The van der Waals surface area contributed by atoms with Crippen molar-refractivity contribution in [1.29, 1.82) is 0 Å². The Labute approximate surface area is 330 Å². The Morgan fingerprint density at radius 2 is 1.50 bits per heavy atom. The predicted octanol–water partition coefficient (Wildman–Crippen LogP) is 8.80. The van der Waals surface area contributed by atoms with Crippen LogP contribution in [-0.2, 0) is 15.0 Å². The van der Waals surface area contributed by atoms with Gasteiger partial charge in [0.15, 0.2) is 11.6 Å². The third-order valence-electron chi connectivity index (χ3n) is 14.4. The third kappa shape index (κ3) is 5.83. The lowest BCUT2D eigenvalue weighted by atomic mass is 9.69. The molecule has 56 heavy (non-hydrogen) atoms. The number of aromatic nitrogens is 2. The minimum atomic E-state index is -0.724. The summed E-state index contributed by atoms with van der Waals surface area (Å²) in [6, 6.07) is 15.1. The monoisotopic (exact) mass is 779 g/mol. The molecule has 10 rings (SSSR count). The first-order valence-electron chi connectivity index (χ1n) is 20.8. The Kier molecular flexibility index (Phi) is 8.89. The molecule has 0 radical (unpaired) electrons. The Balaban J connectivity index is 0.774. The van der Waals surface area contributed by atoms with E-state index in [0.717, 1.165) is 99.4 Å². The normalized spacial score (nSPS) is 24.5. The van der Waals surface area contributed by atoms with Crippen LogP contribution in [0.3, 0.4) is 0 Å². The van der Waals surface area contributed by atoms with Crippen LogP contribution in [0.25, 0.3) is 16.6 Å². The number of carbonyl (C=O) groups excluding carboxylic acids is 2. The van der Waals surface area contributed by atoms with Crippen molar-refractivity contribution in [2.45, 2.75) is 101 Å². The number of hydrogen-bond acceptors (Lipinski definition) is 6. The minimum Gasteiger partial charge on any atom is -0.367 e. The van der Waals surface area contributed by atoms with Crippen LogP contribution >= 0.6 is 11.6 Å². The van der Waals surface area contributed by atoms with Crippen molar-refractivity contribution in [1.82, 2.24) is 14.5 Å². The number of piperidine rings is 2. The van der Waals surface area contributed by atoms with Crippen LogP contribution < -0.4 is 15.4 Å². The Morgan fingerprint density at radius 3 is 2.20 bits per heavy atom. The summed E-state index contributed by atoms with van der Waals surface area (Å²) >= 11 is 6.60. The molecule has 3 aromatic carbocycles. The lowest BCUT2D eigenvalue weighted by molar-refractivity contribution is -0.129. The van der Waals surface area contributed by atoms with E-state index in [2.05, 4.69) is 27.7 Å². The molecule has 4 aliphatic heterocycles. The van der Waals surface area contributed by atoms with Crippen LogP contribution in [0.15, 0.2) is 53.3 Å². The van der Waals surface area contributed by atoms with Gasteiger partial charge in [0.05, 0.1) is 32.7 Å². The zero-order valence-corrected chi connectivity index (χ0v) is 32.6. The van der Waals surface area contributed by atoms with Gasteiger partial charge in [-0.25, -0.2) is 8.78 Å². The quantitative estimate of drug-likeness (QED) is 0.189. The fourth-order valence-corrected chi connectivity index (χ4v) is 11.8. The van der Waals surface area contributed by atoms with Crippen molar-refractivity contribution >= 4 is 45.7 Å². The number of amides is 2. The Hall–Kier alpha value is -4.15. The highest BCUT2D eigenvalue weighted by molar-refractivity contribution is 6.35. The number of nitrogens with zero attached hydrogens (tertiary/aromatic N) is 5. The van der Waals surface area contributed by atoms with Crippen LogP contribution in [0.1, 0.15) is 113 Å². The van der Waals surface area contributed by atoms with Gasteiger partial charge < -0.3 is 9.80 Å². The van der Waals surface area contributed by atoms with Gasteiger partial charge in [-0.05, 0) is 104 Å². The van der Waals surface area contributed by atoms with E-state index in [-0.39, 0.29) is 40.6 Å². The maximum absolute atomic E-state index is 15.4. The maximum atomic E-state index is 15.4. The van der Waals surface area contributed by atoms with E-state index in [1.54, 1.807) is 11.0 Å². The molecule has 6 aliphatic rings. The molecule has 1 aromatic heterocycles. The molecule has 292 valence electrons. The van der Waals surface area contributed by atoms with E-state index in [4.69, 9.17) is 16.6 Å². The summed E-state index contributed by atoms with van der Waals surface area (Å²) in [5.74, 6) is -0.225. The first-order valence-corrected chi connectivity index (χ1v) is 21.2. The first-order chi connectivity index (χ1) is 27.1. The summed E-state index contributed by atoms with van der Waals surface area (Å²) in [5.41, 5.74) is 4.38. The number of rotatable bonds is 5. The Morgan fingerprint density at radius 1 is 0.804 bits per heavy atom. The number of fused-ring (bicyclic) bond motifs is 7. The van der Waals surface area contributed by atoms with Crippen molar-refractivity contribution in [3.8, 4) is 5.69 Å². The van der Waals surface area contributed by atoms with Gasteiger partial charge >= 0.3 is 0 Å². The summed E-state index contributed by atoms with van der Waals surface area (Å²) in [6.45, 7) is 4.32. The Bertz CT molecular complexity index is 2280. The molecule has 11 heteroatoms. The fourth-order valence-electron chi connectivity index (χ4n) is 11.6. The van der Waals surface area contributed by atoms with Gasteiger partial charge in [-0.2, -0.15) is 4.98 Å². The largest absolute Gasteiger partial charge is 0.367 e. The molecule has 0 bridgehead atoms. The molecule has 8 nitrogen and oxygen atoms in total. The molecule has 5 heterocycles. The van der Waals surface area contributed by atoms with Crippen LogP contribution in [0.4, 0.5) is 20.2 Å². The molecule has 0 unspecified atom stereocenters. The lowest BCUT2D eigenvalue weighted by Gasteiger charge is -2.55. The van der Waals surface area contributed by atoms with Crippen LogP contribution in [0.5, 0.6) is 0 Å². The molecule has 2 spiro atoms. The second-order valence-corrected chi connectivity index (χ2v) is 18.1. The van der Waals surface area contributed by atoms with Crippen molar-refractivity contribution < 1.29 is 18.4 Å². The minimum absolute atomic E-state index is 0.0166. The van der Waals surface area contributed by atoms with E-state index in [9.17, 15) is 14.4 Å². The number of imide groups is 1. The summed E-state index contributed by atoms with van der Waals surface area (Å²) in [6.07, 6.45) is 12.8. The fraction of sp³-hybridized carbons (Fsp3) is 0.511. The average Bonchev–Trinajstić information content (AvgIpc) is 3.42. The van der Waals surface area contributed by atoms with Gasteiger partial charge in [0.25, 0.3) is 5.56 Å². The van der Waals surface area contributed by atoms with E-state index in [1.165, 1.54) is 36.1 Å². The molecule has 5 fully saturated rings. The van der Waals surface area contributed by atoms with Crippen LogP contribution in [0.2, 0.25) is 5.02 Å². The van der Waals surface area contributed by atoms with Crippen LogP contribution in [-0.4, -0.2) is 59.0 Å².